The first-order valence-electron chi connectivity index (χ1n) is 10.3. The Morgan fingerprint density at radius 1 is 0.500 bits per heavy atom. The van der Waals surface area contributed by atoms with Crippen molar-refractivity contribution in [2.45, 2.75) is 12.4 Å². The van der Waals surface area contributed by atoms with Gasteiger partial charge < -0.3 is 29.9 Å². The van der Waals surface area contributed by atoms with E-state index < -0.39 is 92.6 Å². The van der Waals surface area contributed by atoms with E-state index in [-0.39, 0.29) is 12.1 Å². The fourth-order valence-corrected chi connectivity index (χ4v) is 3.31. The van der Waals surface area contributed by atoms with Crippen LogP contribution in [0.3, 0.4) is 0 Å². The van der Waals surface area contributed by atoms with E-state index in [1.165, 1.54) is 0 Å². The first-order valence-corrected chi connectivity index (χ1v) is 10.3. The van der Waals surface area contributed by atoms with Gasteiger partial charge in [0.1, 0.15) is 23.0 Å². The van der Waals surface area contributed by atoms with Crippen molar-refractivity contribution in [1.29, 1.82) is 0 Å². The van der Waals surface area contributed by atoms with E-state index in [9.17, 15) is 55.7 Å². The second-order valence-corrected chi connectivity index (χ2v) is 7.68. The molecule has 0 spiro atoms. The normalized spacial score (nSPS) is 11.6. The highest BCUT2D eigenvalue weighted by atomic mass is 19.4. The molecule has 0 bridgehead atoms. The van der Waals surface area contributed by atoms with Crippen molar-refractivity contribution in [2.24, 2.45) is 0 Å². The lowest BCUT2D eigenvalue weighted by molar-refractivity contribution is -0.139. The van der Waals surface area contributed by atoms with Crippen molar-refractivity contribution in [3.8, 4) is 23.0 Å². The molecule has 0 heterocycles. The Bertz CT molecular complexity index is 1410. The van der Waals surface area contributed by atoms with Crippen LogP contribution in [0.2, 0.25) is 0 Å². The minimum Gasteiger partial charge on any atom is -0.478 e. The number of benzene rings is 3. The Kier molecular flexibility index (Phi) is 7.66. The molecule has 0 radical (unpaired) electrons. The summed E-state index contributed by atoms with van der Waals surface area (Å²) >= 11 is 0. The molecular weight excluding hydrogens is 562 g/mol. The summed E-state index contributed by atoms with van der Waals surface area (Å²) in [5.74, 6) is -10.7. The van der Waals surface area contributed by atoms with Gasteiger partial charge in [0.15, 0.2) is 0 Å². The molecular formula is C24H12F6O10. The molecule has 3 rings (SSSR count). The fraction of sp³-hybridized carbons (Fsp3) is 0.0833. The zero-order valence-electron chi connectivity index (χ0n) is 19.1. The van der Waals surface area contributed by atoms with Crippen LogP contribution in [0.1, 0.15) is 52.6 Å². The maximum Gasteiger partial charge on any atom is 0.420 e. The third-order valence-corrected chi connectivity index (χ3v) is 5.05. The summed E-state index contributed by atoms with van der Waals surface area (Å²) in [6, 6.07) is 4.42. The van der Waals surface area contributed by atoms with Gasteiger partial charge >= 0.3 is 36.2 Å². The summed E-state index contributed by atoms with van der Waals surface area (Å²) in [5.41, 5.74) is -7.63. The summed E-state index contributed by atoms with van der Waals surface area (Å²) in [6.07, 6.45) is -10.4. The molecule has 0 aliphatic heterocycles. The molecule has 0 atom stereocenters. The van der Waals surface area contributed by atoms with E-state index >= 15 is 0 Å². The van der Waals surface area contributed by atoms with Gasteiger partial charge in [-0.3, -0.25) is 0 Å². The summed E-state index contributed by atoms with van der Waals surface area (Å²) in [4.78, 5) is 45.2. The van der Waals surface area contributed by atoms with Crippen LogP contribution in [0.4, 0.5) is 26.3 Å². The van der Waals surface area contributed by atoms with Gasteiger partial charge in [-0.2, -0.15) is 26.3 Å². The zero-order chi connectivity index (χ0) is 30.2. The molecule has 10 nitrogen and oxygen atoms in total. The molecule has 3 aromatic rings. The number of aromatic carboxylic acids is 4. The van der Waals surface area contributed by atoms with Gasteiger partial charge in [-0.15, -0.1) is 0 Å². The van der Waals surface area contributed by atoms with Gasteiger partial charge in [0.05, 0.1) is 33.4 Å². The predicted molar refractivity (Wildman–Crippen MR) is 117 cm³/mol. The molecule has 4 N–H and O–H groups in total. The minimum absolute atomic E-state index is 0.0675. The van der Waals surface area contributed by atoms with Crippen molar-refractivity contribution in [2.75, 3.05) is 0 Å². The Balaban J connectivity index is 2.02. The van der Waals surface area contributed by atoms with Gasteiger partial charge in [0, 0.05) is 0 Å². The molecule has 0 unspecified atom stereocenters. The molecule has 3 aromatic carbocycles. The highest BCUT2D eigenvalue weighted by Crippen LogP contribution is 2.42. The summed E-state index contributed by atoms with van der Waals surface area (Å²) in [5, 5.41) is 36.5. The lowest BCUT2D eigenvalue weighted by Crippen LogP contribution is -2.14. The number of hydrogen-bond acceptors (Lipinski definition) is 6. The second kappa shape index (κ2) is 10.5. The maximum absolute atomic E-state index is 13.5. The van der Waals surface area contributed by atoms with Crippen LogP contribution in [-0.2, 0) is 12.4 Å². The van der Waals surface area contributed by atoms with Crippen molar-refractivity contribution >= 4 is 23.9 Å². The van der Waals surface area contributed by atoms with Crippen LogP contribution >= 0.6 is 0 Å². The van der Waals surface area contributed by atoms with Crippen LogP contribution in [0.5, 0.6) is 23.0 Å². The topological polar surface area (TPSA) is 168 Å². The quantitative estimate of drug-likeness (QED) is 0.231. The van der Waals surface area contributed by atoms with E-state index in [4.69, 9.17) is 19.7 Å². The molecule has 0 saturated heterocycles. The number of carboxylic acids is 4. The van der Waals surface area contributed by atoms with Gasteiger partial charge in [0.2, 0.25) is 0 Å². The Morgan fingerprint density at radius 2 is 0.750 bits per heavy atom. The number of carbonyl (C=O) groups is 4. The average Bonchev–Trinajstić information content (AvgIpc) is 2.82. The smallest absolute Gasteiger partial charge is 0.420 e. The van der Waals surface area contributed by atoms with Gasteiger partial charge in [-0.05, 0) is 48.5 Å². The molecule has 0 amide bonds. The van der Waals surface area contributed by atoms with Crippen LogP contribution in [0, 0.1) is 0 Å². The lowest BCUT2D eigenvalue weighted by Gasteiger charge is -2.17. The lowest BCUT2D eigenvalue weighted by atomic mass is 10.0. The number of hydrogen-bond donors (Lipinski definition) is 4. The first kappa shape index (κ1) is 29.3. The van der Waals surface area contributed by atoms with Crippen molar-refractivity contribution < 1.29 is 75.4 Å². The molecule has 0 aliphatic carbocycles. The Labute approximate surface area is 217 Å². The number of carboxylic acid groups (broad SMARTS) is 4. The number of alkyl halides is 6. The van der Waals surface area contributed by atoms with Crippen LogP contribution in [0.15, 0.2) is 48.5 Å². The first-order chi connectivity index (χ1) is 18.4. The Hall–Kier alpha value is -5.28. The molecule has 0 aromatic heterocycles. The minimum atomic E-state index is -5.18. The summed E-state index contributed by atoms with van der Waals surface area (Å²) < 4.78 is 91.3. The monoisotopic (exact) mass is 574 g/mol. The molecule has 0 saturated carbocycles. The number of rotatable bonds is 8. The van der Waals surface area contributed by atoms with Crippen molar-refractivity contribution in [3.63, 3.8) is 0 Å². The third kappa shape index (κ3) is 6.23. The van der Waals surface area contributed by atoms with E-state index in [0.29, 0.717) is 12.1 Å². The number of halogens is 6. The molecule has 0 aliphatic rings. The molecule has 16 heteroatoms. The molecule has 40 heavy (non-hydrogen) atoms. The van der Waals surface area contributed by atoms with E-state index in [1.54, 1.807) is 0 Å². The number of ether oxygens (including phenoxy) is 2. The van der Waals surface area contributed by atoms with Gasteiger partial charge in [-0.25, -0.2) is 19.2 Å². The highest BCUT2D eigenvalue weighted by Gasteiger charge is 2.38. The third-order valence-electron chi connectivity index (χ3n) is 5.05. The van der Waals surface area contributed by atoms with Gasteiger partial charge in [0.25, 0.3) is 0 Å². The molecule has 210 valence electrons. The maximum atomic E-state index is 13.5. The summed E-state index contributed by atoms with van der Waals surface area (Å²) in [7, 11) is 0. The van der Waals surface area contributed by atoms with Crippen LogP contribution in [-0.4, -0.2) is 44.3 Å². The zero-order valence-corrected chi connectivity index (χ0v) is 19.1. The fourth-order valence-electron chi connectivity index (χ4n) is 3.31. The highest BCUT2D eigenvalue weighted by molar-refractivity contribution is 6.03. The van der Waals surface area contributed by atoms with E-state index in [2.05, 4.69) is 0 Å². The average molecular weight is 574 g/mol. The second-order valence-electron chi connectivity index (χ2n) is 7.68. The summed E-state index contributed by atoms with van der Waals surface area (Å²) in [6.45, 7) is 0. The van der Waals surface area contributed by atoms with Crippen LogP contribution in [0.25, 0.3) is 0 Å². The largest absolute Gasteiger partial charge is 0.478 e. The van der Waals surface area contributed by atoms with Crippen molar-refractivity contribution in [1.82, 2.24) is 0 Å². The van der Waals surface area contributed by atoms with Crippen LogP contribution < -0.4 is 9.47 Å². The standard InChI is InChI=1S/C24H12F6O10/c25-23(26,27)15-5-11(19(31)32)13(21(35)36)7-17(15)39-9-1-2-10(4-3-9)40-18-8-14(22(37)38)12(20(33)34)6-16(18)24(28,29)30/h1-8H,(H,31,32)(H,33,34)(H,35,36)(H,37,38). The molecule has 0 fully saturated rings. The SMILES string of the molecule is O=C(O)c1cc(Oc2ccc(Oc3cc(C(=O)O)c(C(=O)O)cc3C(F)(F)F)cc2)c(C(F)(F)F)cc1C(=O)O. The Morgan fingerprint density at radius 3 is 0.975 bits per heavy atom. The van der Waals surface area contributed by atoms with Crippen molar-refractivity contribution in [3.05, 3.63) is 81.9 Å². The van der Waals surface area contributed by atoms with Gasteiger partial charge in [-0.1, -0.05) is 0 Å². The van der Waals surface area contributed by atoms with E-state index in [0.717, 1.165) is 24.3 Å². The predicted octanol–water partition coefficient (Wildman–Crippen LogP) is 6.10. The van der Waals surface area contributed by atoms with E-state index in [1.807, 2.05) is 0 Å².